The van der Waals surface area contributed by atoms with E-state index >= 15 is 0 Å². The molecule has 0 N–H and O–H groups in total. The fourth-order valence-corrected chi connectivity index (χ4v) is 2.81. The number of ether oxygens (including phenoxy) is 1. The minimum Gasteiger partial charge on any atom is -0.384 e. The summed E-state index contributed by atoms with van der Waals surface area (Å²) >= 11 is 0. The van der Waals surface area contributed by atoms with Crippen molar-refractivity contribution in [3.8, 4) is 0 Å². The molecule has 0 aromatic rings. The van der Waals surface area contributed by atoms with Gasteiger partial charge in [-0.25, -0.2) is 0 Å². The van der Waals surface area contributed by atoms with E-state index in [0.29, 0.717) is 5.41 Å². The second kappa shape index (κ2) is 5.16. The smallest absolute Gasteiger partial charge is 0.0498 e. The van der Waals surface area contributed by atoms with Crippen LogP contribution in [-0.2, 0) is 4.74 Å². The van der Waals surface area contributed by atoms with Crippen molar-refractivity contribution in [3.05, 3.63) is 0 Å². The van der Waals surface area contributed by atoms with Crippen LogP contribution in [0.2, 0.25) is 0 Å². The van der Waals surface area contributed by atoms with Gasteiger partial charge in [0.15, 0.2) is 0 Å². The van der Waals surface area contributed by atoms with E-state index in [1.807, 2.05) is 7.11 Å². The first-order valence-electron chi connectivity index (χ1n) is 6.04. The van der Waals surface area contributed by atoms with Crippen LogP contribution in [0.15, 0.2) is 0 Å². The van der Waals surface area contributed by atoms with Gasteiger partial charge in [0, 0.05) is 13.7 Å². The van der Waals surface area contributed by atoms with Gasteiger partial charge in [-0.15, -0.1) is 0 Å². The van der Waals surface area contributed by atoms with Gasteiger partial charge in [0.05, 0.1) is 0 Å². The molecule has 0 saturated heterocycles. The van der Waals surface area contributed by atoms with Crippen molar-refractivity contribution in [1.82, 2.24) is 0 Å². The monoisotopic (exact) mass is 198 g/mol. The third-order valence-electron chi connectivity index (χ3n) is 3.68. The molecule has 1 heteroatoms. The summed E-state index contributed by atoms with van der Waals surface area (Å²) in [6, 6.07) is 0. The largest absolute Gasteiger partial charge is 0.384 e. The third-order valence-corrected chi connectivity index (χ3v) is 3.68. The Bertz CT molecular complexity index is 151. The molecular formula is C13H26O. The van der Waals surface area contributed by atoms with Gasteiger partial charge in [0.25, 0.3) is 0 Å². The standard InChI is InChI=1S/C13H26O/c1-13(2,3)12(10-14-4)11-8-6-5-7-9-11/h11-12H,5-10H2,1-4H3. The maximum absolute atomic E-state index is 5.38. The summed E-state index contributed by atoms with van der Waals surface area (Å²) in [5.74, 6) is 1.65. The Hall–Kier alpha value is -0.0400. The van der Waals surface area contributed by atoms with Gasteiger partial charge in [0.1, 0.15) is 0 Å². The van der Waals surface area contributed by atoms with Crippen molar-refractivity contribution in [2.45, 2.75) is 52.9 Å². The van der Waals surface area contributed by atoms with E-state index in [1.54, 1.807) is 0 Å². The lowest BCUT2D eigenvalue weighted by Gasteiger charge is -2.38. The van der Waals surface area contributed by atoms with Crippen molar-refractivity contribution in [3.63, 3.8) is 0 Å². The molecule has 0 radical (unpaired) electrons. The topological polar surface area (TPSA) is 9.23 Å². The van der Waals surface area contributed by atoms with Crippen LogP contribution in [-0.4, -0.2) is 13.7 Å². The Morgan fingerprint density at radius 3 is 2.14 bits per heavy atom. The highest BCUT2D eigenvalue weighted by atomic mass is 16.5. The number of rotatable bonds is 3. The van der Waals surface area contributed by atoms with Gasteiger partial charge >= 0.3 is 0 Å². The zero-order valence-electron chi connectivity index (χ0n) is 10.3. The Labute approximate surface area is 89.2 Å². The van der Waals surface area contributed by atoms with Gasteiger partial charge in [-0.3, -0.25) is 0 Å². The SMILES string of the molecule is COCC(C1CCCCC1)C(C)(C)C. The van der Waals surface area contributed by atoms with Crippen LogP contribution in [0.1, 0.15) is 52.9 Å². The lowest BCUT2D eigenvalue weighted by atomic mass is 9.69. The van der Waals surface area contributed by atoms with E-state index in [-0.39, 0.29) is 0 Å². The summed E-state index contributed by atoms with van der Waals surface area (Å²) < 4.78 is 5.38. The van der Waals surface area contributed by atoms with E-state index in [1.165, 1.54) is 32.1 Å². The zero-order valence-corrected chi connectivity index (χ0v) is 10.3. The van der Waals surface area contributed by atoms with Crippen molar-refractivity contribution >= 4 is 0 Å². The summed E-state index contributed by atoms with van der Waals surface area (Å²) in [5.41, 5.74) is 0.401. The summed E-state index contributed by atoms with van der Waals surface area (Å²) in [6.45, 7) is 8.00. The fraction of sp³-hybridized carbons (Fsp3) is 1.00. The van der Waals surface area contributed by atoms with E-state index in [9.17, 15) is 0 Å². The number of methoxy groups -OCH3 is 1. The Morgan fingerprint density at radius 2 is 1.71 bits per heavy atom. The molecule has 14 heavy (non-hydrogen) atoms. The summed E-state index contributed by atoms with van der Waals surface area (Å²) in [7, 11) is 1.83. The van der Waals surface area contributed by atoms with Crippen molar-refractivity contribution < 1.29 is 4.74 Å². The third kappa shape index (κ3) is 3.27. The molecule has 1 nitrogen and oxygen atoms in total. The molecule has 1 atom stereocenters. The molecule has 1 aliphatic rings. The van der Waals surface area contributed by atoms with Crippen molar-refractivity contribution in [2.24, 2.45) is 17.3 Å². The van der Waals surface area contributed by atoms with E-state index in [0.717, 1.165) is 18.4 Å². The van der Waals surface area contributed by atoms with Crippen LogP contribution in [0, 0.1) is 17.3 Å². The molecule has 0 aromatic carbocycles. The van der Waals surface area contributed by atoms with Gasteiger partial charge in [-0.1, -0.05) is 52.9 Å². The molecule has 1 saturated carbocycles. The normalized spacial score (nSPS) is 22.3. The minimum atomic E-state index is 0.401. The van der Waals surface area contributed by atoms with E-state index < -0.39 is 0 Å². The Kier molecular flexibility index (Phi) is 4.43. The molecule has 0 bridgehead atoms. The predicted octanol–water partition coefficient (Wildman–Crippen LogP) is 3.88. The van der Waals surface area contributed by atoms with Gasteiger partial charge in [-0.2, -0.15) is 0 Å². The molecule has 0 amide bonds. The van der Waals surface area contributed by atoms with Gasteiger partial charge < -0.3 is 4.74 Å². The van der Waals surface area contributed by atoms with Crippen LogP contribution in [0.5, 0.6) is 0 Å². The van der Waals surface area contributed by atoms with Crippen LogP contribution in [0.4, 0.5) is 0 Å². The molecule has 1 aliphatic carbocycles. The second-order valence-corrected chi connectivity index (χ2v) is 5.83. The first-order chi connectivity index (χ1) is 6.55. The fourth-order valence-electron chi connectivity index (χ4n) is 2.81. The van der Waals surface area contributed by atoms with Crippen LogP contribution in [0.3, 0.4) is 0 Å². The lowest BCUT2D eigenvalue weighted by molar-refractivity contribution is 0.0361. The Morgan fingerprint density at radius 1 is 1.14 bits per heavy atom. The quantitative estimate of drug-likeness (QED) is 0.669. The van der Waals surface area contributed by atoms with Crippen LogP contribution < -0.4 is 0 Å². The van der Waals surface area contributed by atoms with Crippen molar-refractivity contribution in [2.75, 3.05) is 13.7 Å². The highest BCUT2D eigenvalue weighted by Gasteiger charge is 2.32. The molecule has 1 rings (SSSR count). The average Bonchev–Trinajstić information content (AvgIpc) is 2.14. The molecular weight excluding hydrogens is 172 g/mol. The maximum atomic E-state index is 5.38. The molecule has 0 aromatic heterocycles. The second-order valence-electron chi connectivity index (χ2n) is 5.83. The van der Waals surface area contributed by atoms with E-state index in [2.05, 4.69) is 20.8 Å². The van der Waals surface area contributed by atoms with Gasteiger partial charge in [-0.05, 0) is 17.3 Å². The summed E-state index contributed by atoms with van der Waals surface area (Å²) in [5, 5.41) is 0. The average molecular weight is 198 g/mol. The molecule has 1 fully saturated rings. The summed E-state index contributed by atoms with van der Waals surface area (Å²) in [6.07, 6.45) is 7.15. The lowest BCUT2D eigenvalue weighted by Crippen LogP contribution is -2.33. The first kappa shape index (κ1) is 12.0. The molecule has 0 heterocycles. The predicted molar refractivity (Wildman–Crippen MR) is 61.4 cm³/mol. The minimum absolute atomic E-state index is 0.401. The van der Waals surface area contributed by atoms with Crippen molar-refractivity contribution in [1.29, 1.82) is 0 Å². The summed E-state index contributed by atoms with van der Waals surface area (Å²) in [4.78, 5) is 0. The van der Waals surface area contributed by atoms with Crippen LogP contribution in [0.25, 0.3) is 0 Å². The number of hydrogen-bond acceptors (Lipinski definition) is 1. The highest BCUT2D eigenvalue weighted by molar-refractivity contribution is 4.82. The van der Waals surface area contributed by atoms with Gasteiger partial charge in [0.2, 0.25) is 0 Å². The van der Waals surface area contributed by atoms with Crippen LogP contribution >= 0.6 is 0 Å². The highest BCUT2D eigenvalue weighted by Crippen LogP contribution is 2.39. The molecule has 0 spiro atoms. The molecule has 1 unspecified atom stereocenters. The number of hydrogen-bond donors (Lipinski definition) is 0. The van der Waals surface area contributed by atoms with E-state index in [4.69, 9.17) is 4.74 Å². The molecule has 0 aliphatic heterocycles. The first-order valence-corrected chi connectivity index (χ1v) is 6.04. The zero-order chi connectivity index (χ0) is 10.6. The maximum Gasteiger partial charge on any atom is 0.0498 e. The Balaban J connectivity index is 2.56. The molecule has 84 valence electrons.